The molecule has 0 spiro atoms. The van der Waals surface area contributed by atoms with Crippen molar-refractivity contribution < 1.29 is 9.53 Å². The van der Waals surface area contributed by atoms with Crippen molar-refractivity contribution in [2.24, 2.45) is 0 Å². The summed E-state index contributed by atoms with van der Waals surface area (Å²) in [6, 6.07) is 0. The molecule has 0 aromatic carbocycles. The van der Waals surface area contributed by atoms with Gasteiger partial charge in [-0.2, -0.15) is 0 Å². The standard InChI is InChI=1S/C13H19N3O2/c1-3-18-12(17)7-8-16(2)13-10-5-4-6-11(10)14-9-15-13/h9H,3-8H2,1-2H3. The van der Waals surface area contributed by atoms with Crippen molar-refractivity contribution in [3.8, 4) is 0 Å². The van der Waals surface area contributed by atoms with Gasteiger partial charge in [-0.3, -0.25) is 4.79 Å². The first-order chi connectivity index (χ1) is 8.72. The topological polar surface area (TPSA) is 55.3 Å². The summed E-state index contributed by atoms with van der Waals surface area (Å²) < 4.78 is 4.92. The highest BCUT2D eigenvalue weighted by atomic mass is 16.5. The van der Waals surface area contributed by atoms with Crippen molar-refractivity contribution in [1.29, 1.82) is 0 Å². The Morgan fingerprint density at radius 3 is 3.06 bits per heavy atom. The van der Waals surface area contributed by atoms with Gasteiger partial charge in [-0.05, 0) is 26.2 Å². The van der Waals surface area contributed by atoms with E-state index in [1.54, 1.807) is 6.33 Å². The van der Waals surface area contributed by atoms with Crippen LogP contribution in [0.2, 0.25) is 0 Å². The van der Waals surface area contributed by atoms with Crippen molar-refractivity contribution in [2.45, 2.75) is 32.6 Å². The first-order valence-corrected chi connectivity index (χ1v) is 6.42. The van der Waals surface area contributed by atoms with Crippen LogP contribution in [0.25, 0.3) is 0 Å². The lowest BCUT2D eigenvalue weighted by molar-refractivity contribution is -0.142. The van der Waals surface area contributed by atoms with Gasteiger partial charge in [0.05, 0.1) is 13.0 Å². The molecule has 18 heavy (non-hydrogen) atoms. The third-order valence-electron chi connectivity index (χ3n) is 3.17. The number of hydrogen-bond acceptors (Lipinski definition) is 5. The third-order valence-corrected chi connectivity index (χ3v) is 3.17. The fourth-order valence-electron chi connectivity index (χ4n) is 2.27. The minimum absolute atomic E-state index is 0.157. The average molecular weight is 249 g/mol. The fraction of sp³-hybridized carbons (Fsp3) is 0.615. The maximum atomic E-state index is 11.3. The Hall–Kier alpha value is -1.65. The molecule has 0 saturated heterocycles. The van der Waals surface area contributed by atoms with Crippen LogP contribution < -0.4 is 4.90 Å². The highest BCUT2D eigenvalue weighted by Crippen LogP contribution is 2.27. The minimum atomic E-state index is -0.157. The molecule has 0 aliphatic heterocycles. The zero-order chi connectivity index (χ0) is 13.0. The molecular weight excluding hydrogens is 230 g/mol. The molecule has 0 amide bonds. The van der Waals surface area contributed by atoms with Gasteiger partial charge in [-0.25, -0.2) is 9.97 Å². The highest BCUT2D eigenvalue weighted by Gasteiger charge is 2.19. The average Bonchev–Trinajstić information content (AvgIpc) is 2.84. The highest BCUT2D eigenvalue weighted by molar-refractivity contribution is 5.70. The van der Waals surface area contributed by atoms with Gasteiger partial charge in [0.2, 0.25) is 0 Å². The van der Waals surface area contributed by atoms with Crippen molar-refractivity contribution >= 4 is 11.8 Å². The minimum Gasteiger partial charge on any atom is -0.466 e. The van der Waals surface area contributed by atoms with Crippen LogP contribution in [0.1, 0.15) is 31.0 Å². The molecule has 0 bridgehead atoms. The SMILES string of the molecule is CCOC(=O)CCN(C)c1ncnc2c1CCC2. The fourth-order valence-corrected chi connectivity index (χ4v) is 2.27. The molecular formula is C13H19N3O2. The summed E-state index contributed by atoms with van der Waals surface area (Å²) in [5.74, 6) is 0.803. The molecule has 1 heterocycles. The van der Waals surface area contributed by atoms with Gasteiger partial charge in [0, 0.05) is 24.8 Å². The first-order valence-electron chi connectivity index (χ1n) is 6.42. The second-order valence-corrected chi connectivity index (χ2v) is 4.45. The van der Waals surface area contributed by atoms with Gasteiger partial charge in [0.25, 0.3) is 0 Å². The molecule has 5 nitrogen and oxygen atoms in total. The van der Waals surface area contributed by atoms with Gasteiger partial charge < -0.3 is 9.64 Å². The molecule has 1 aromatic heterocycles. The van der Waals surface area contributed by atoms with Crippen LogP contribution in [0.15, 0.2) is 6.33 Å². The number of rotatable bonds is 5. The van der Waals surface area contributed by atoms with Crippen LogP contribution in [0.5, 0.6) is 0 Å². The number of carbonyl (C=O) groups excluding carboxylic acids is 1. The molecule has 0 radical (unpaired) electrons. The summed E-state index contributed by atoms with van der Waals surface area (Å²) in [6.45, 7) is 2.88. The number of aryl methyl sites for hydroxylation is 1. The van der Waals surface area contributed by atoms with Gasteiger partial charge in [-0.15, -0.1) is 0 Å². The Kier molecular flexibility index (Phi) is 4.12. The van der Waals surface area contributed by atoms with Crippen LogP contribution in [-0.4, -0.2) is 36.1 Å². The van der Waals surface area contributed by atoms with Gasteiger partial charge in [-0.1, -0.05) is 0 Å². The molecule has 1 aliphatic carbocycles. The summed E-state index contributed by atoms with van der Waals surface area (Å²) in [5, 5.41) is 0. The Balaban J connectivity index is 1.99. The van der Waals surface area contributed by atoms with E-state index >= 15 is 0 Å². The molecule has 2 rings (SSSR count). The quantitative estimate of drug-likeness (QED) is 0.737. The van der Waals surface area contributed by atoms with E-state index in [0.717, 1.165) is 30.8 Å². The van der Waals surface area contributed by atoms with Crippen LogP contribution in [0.3, 0.4) is 0 Å². The lowest BCUT2D eigenvalue weighted by Crippen LogP contribution is -2.24. The summed E-state index contributed by atoms with van der Waals surface area (Å²) >= 11 is 0. The van der Waals surface area contributed by atoms with Crippen molar-refractivity contribution in [2.75, 3.05) is 25.1 Å². The van der Waals surface area contributed by atoms with Crippen molar-refractivity contribution in [3.63, 3.8) is 0 Å². The molecule has 0 saturated carbocycles. The second kappa shape index (κ2) is 5.80. The zero-order valence-corrected chi connectivity index (χ0v) is 11.0. The number of fused-ring (bicyclic) bond motifs is 1. The van der Waals surface area contributed by atoms with Crippen molar-refractivity contribution in [1.82, 2.24) is 9.97 Å². The van der Waals surface area contributed by atoms with E-state index in [9.17, 15) is 4.79 Å². The molecule has 1 aromatic rings. The number of esters is 1. The Bertz CT molecular complexity index is 434. The van der Waals surface area contributed by atoms with E-state index < -0.39 is 0 Å². The molecule has 5 heteroatoms. The third kappa shape index (κ3) is 2.78. The molecule has 0 N–H and O–H groups in total. The molecule has 98 valence electrons. The van der Waals surface area contributed by atoms with Crippen LogP contribution in [0, 0.1) is 0 Å². The smallest absolute Gasteiger partial charge is 0.307 e. The maximum absolute atomic E-state index is 11.3. The number of nitrogens with zero attached hydrogens (tertiary/aromatic N) is 3. The monoisotopic (exact) mass is 249 g/mol. The van der Waals surface area contributed by atoms with Crippen LogP contribution in [-0.2, 0) is 22.4 Å². The first kappa shape index (κ1) is 12.8. The Morgan fingerprint density at radius 2 is 2.28 bits per heavy atom. The van der Waals surface area contributed by atoms with E-state index in [4.69, 9.17) is 4.74 Å². The lowest BCUT2D eigenvalue weighted by Gasteiger charge is -2.20. The summed E-state index contributed by atoms with van der Waals surface area (Å²) in [4.78, 5) is 22.0. The number of ether oxygens (including phenoxy) is 1. The van der Waals surface area contributed by atoms with Gasteiger partial charge in [0.15, 0.2) is 0 Å². The van der Waals surface area contributed by atoms with E-state index in [2.05, 4.69) is 9.97 Å². The molecule has 1 aliphatic rings. The predicted octanol–water partition coefficient (Wildman–Crippen LogP) is 1.35. The molecule has 0 unspecified atom stereocenters. The van der Waals surface area contributed by atoms with Gasteiger partial charge >= 0.3 is 5.97 Å². The van der Waals surface area contributed by atoms with Crippen LogP contribution >= 0.6 is 0 Å². The summed E-state index contributed by atoms with van der Waals surface area (Å²) in [5.41, 5.74) is 2.40. The number of hydrogen-bond donors (Lipinski definition) is 0. The van der Waals surface area contributed by atoms with E-state index in [1.165, 1.54) is 5.56 Å². The number of carbonyl (C=O) groups is 1. The van der Waals surface area contributed by atoms with E-state index in [1.807, 2.05) is 18.9 Å². The lowest BCUT2D eigenvalue weighted by atomic mass is 10.2. The maximum Gasteiger partial charge on any atom is 0.307 e. The zero-order valence-electron chi connectivity index (χ0n) is 11.0. The number of anilines is 1. The van der Waals surface area contributed by atoms with Crippen LogP contribution in [0.4, 0.5) is 5.82 Å². The van der Waals surface area contributed by atoms with Crippen molar-refractivity contribution in [3.05, 3.63) is 17.6 Å². The van der Waals surface area contributed by atoms with E-state index in [-0.39, 0.29) is 5.97 Å². The molecule has 0 atom stereocenters. The predicted molar refractivity (Wildman–Crippen MR) is 68.6 cm³/mol. The number of aromatic nitrogens is 2. The second-order valence-electron chi connectivity index (χ2n) is 4.45. The molecule has 0 fully saturated rings. The van der Waals surface area contributed by atoms with Gasteiger partial charge in [0.1, 0.15) is 12.1 Å². The summed E-state index contributed by atoms with van der Waals surface area (Å²) in [7, 11) is 1.96. The Morgan fingerprint density at radius 1 is 1.44 bits per heavy atom. The summed E-state index contributed by atoms with van der Waals surface area (Å²) in [6.07, 6.45) is 5.22. The Labute approximate surface area is 107 Å². The van der Waals surface area contributed by atoms with E-state index in [0.29, 0.717) is 19.6 Å². The largest absolute Gasteiger partial charge is 0.466 e. The normalized spacial score (nSPS) is 13.2.